The maximum absolute atomic E-state index is 13.0. The SMILES string of the molecule is COc1ccc(NC(=O)C2=C(C)NC(=O)N[C@@H]2c2ccc(N(C)C)cc2)cc1. The number of allylic oxidation sites excluding steroid dienone is 1. The Kier molecular flexibility index (Phi) is 5.54. The minimum Gasteiger partial charge on any atom is -0.497 e. The summed E-state index contributed by atoms with van der Waals surface area (Å²) in [5, 5.41) is 8.41. The van der Waals surface area contributed by atoms with E-state index in [0.717, 1.165) is 11.3 Å². The van der Waals surface area contributed by atoms with Gasteiger partial charge in [-0.25, -0.2) is 4.79 Å². The van der Waals surface area contributed by atoms with Crippen molar-refractivity contribution in [3.05, 3.63) is 65.4 Å². The maximum Gasteiger partial charge on any atom is 0.319 e. The fraction of sp³-hybridized carbons (Fsp3) is 0.238. The first-order valence-corrected chi connectivity index (χ1v) is 8.90. The number of rotatable bonds is 5. The number of amides is 3. The largest absolute Gasteiger partial charge is 0.497 e. The van der Waals surface area contributed by atoms with Crippen molar-refractivity contribution in [3.8, 4) is 5.75 Å². The molecule has 146 valence electrons. The van der Waals surface area contributed by atoms with Crippen LogP contribution in [0.5, 0.6) is 5.75 Å². The van der Waals surface area contributed by atoms with Crippen LogP contribution in [0.2, 0.25) is 0 Å². The number of hydrogen-bond acceptors (Lipinski definition) is 4. The molecule has 0 fully saturated rings. The Morgan fingerprint density at radius 2 is 1.71 bits per heavy atom. The van der Waals surface area contributed by atoms with E-state index in [9.17, 15) is 9.59 Å². The number of benzene rings is 2. The van der Waals surface area contributed by atoms with Gasteiger partial charge in [0.1, 0.15) is 5.75 Å². The zero-order valence-electron chi connectivity index (χ0n) is 16.4. The van der Waals surface area contributed by atoms with Crippen molar-refractivity contribution in [2.45, 2.75) is 13.0 Å². The fourth-order valence-corrected chi connectivity index (χ4v) is 3.08. The van der Waals surface area contributed by atoms with Crippen LogP contribution >= 0.6 is 0 Å². The lowest BCUT2D eigenvalue weighted by atomic mass is 9.94. The summed E-state index contributed by atoms with van der Waals surface area (Å²) in [6.45, 7) is 1.73. The van der Waals surface area contributed by atoms with Crippen LogP contribution in [-0.2, 0) is 4.79 Å². The van der Waals surface area contributed by atoms with Crippen LogP contribution in [-0.4, -0.2) is 33.1 Å². The predicted octanol–water partition coefficient (Wildman–Crippen LogP) is 3.03. The molecule has 0 radical (unpaired) electrons. The van der Waals surface area contributed by atoms with E-state index in [1.807, 2.05) is 43.3 Å². The molecule has 0 aromatic heterocycles. The smallest absolute Gasteiger partial charge is 0.319 e. The Labute approximate surface area is 164 Å². The van der Waals surface area contributed by atoms with Gasteiger partial charge in [-0.05, 0) is 48.9 Å². The maximum atomic E-state index is 13.0. The number of hydrogen-bond donors (Lipinski definition) is 3. The van der Waals surface area contributed by atoms with Crippen LogP contribution in [0.4, 0.5) is 16.2 Å². The fourth-order valence-electron chi connectivity index (χ4n) is 3.08. The van der Waals surface area contributed by atoms with Crippen LogP contribution in [0, 0.1) is 0 Å². The standard InChI is InChI=1S/C21H24N4O3/c1-13-18(20(26)23-15-7-11-17(28-4)12-8-15)19(24-21(27)22-13)14-5-9-16(10-6-14)25(2)3/h5-12,19H,1-4H3,(H,23,26)(H2,22,24,27)/t19-/m1/s1. The highest BCUT2D eigenvalue weighted by molar-refractivity contribution is 6.06. The van der Waals surface area contributed by atoms with E-state index in [1.54, 1.807) is 38.3 Å². The van der Waals surface area contributed by atoms with Crippen molar-refractivity contribution >= 4 is 23.3 Å². The molecule has 1 atom stereocenters. The Hall–Kier alpha value is -3.48. The highest BCUT2D eigenvalue weighted by atomic mass is 16.5. The van der Waals surface area contributed by atoms with E-state index in [0.29, 0.717) is 22.7 Å². The van der Waals surface area contributed by atoms with Gasteiger partial charge in [0.15, 0.2) is 0 Å². The van der Waals surface area contributed by atoms with Crippen molar-refractivity contribution < 1.29 is 14.3 Å². The van der Waals surface area contributed by atoms with Gasteiger partial charge in [0.05, 0.1) is 18.7 Å². The molecule has 1 aliphatic heterocycles. The number of carbonyl (C=O) groups is 2. The first-order valence-electron chi connectivity index (χ1n) is 8.90. The number of ether oxygens (including phenoxy) is 1. The van der Waals surface area contributed by atoms with Crippen LogP contribution < -0.4 is 25.6 Å². The molecule has 0 unspecified atom stereocenters. The average Bonchev–Trinajstić information content (AvgIpc) is 2.68. The zero-order valence-corrected chi connectivity index (χ0v) is 16.4. The molecule has 1 heterocycles. The van der Waals surface area contributed by atoms with Gasteiger partial charge in [0.2, 0.25) is 0 Å². The number of methoxy groups -OCH3 is 1. The van der Waals surface area contributed by atoms with Crippen molar-refractivity contribution in [2.24, 2.45) is 0 Å². The minimum atomic E-state index is -0.539. The molecule has 0 spiro atoms. The number of urea groups is 1. The Bertz CT molecular complexity index is 902. The van der Waals surface area contributed by atoms with E-state index in [1.165, 1.54) is 0 Å². The summed E-state index contributed by atoms with van der Waals surface area (Å²) in [7, 11) is 5.50. The summed E-state index contributed by atoms with van der Waals surface area (Å²) in [6.07, 6.45) is 0. The number of anilines is 2. The van der Waals surface area contributed by atoms with E-state index >= 15 is 0 Å². The third-order valence-electron chi connectivity index (χ3n) is 4.60. The number of nitrogens with one attached hydrogen (secondary N) is 3. The van der Waals surface area contributed by atoms with Gasteiger partial charge in [0, 0.05) is 31.2 Å². The molecule has 7 heteroatoms. The second-order valence-corrected chi connectivity index (χ2v) is 6.74. The molecule has 7 nitrogen and oxygen atoms in total. The van der Waals surface area contributed by atoms with E-state index in [-0.39, 0.29) is 11.9 Å². The average molecular weight is 380 g/mol. The summed E-state index contributed by atoms with van der Waals surface area (Å²) in [4.78, 5) is 27.0. The molecule has 0 saturated carbocycles. The van der Waals surface area contributed by atoms with Gasteiger partial charge in [0.25, 0.3) is 5.91 Å². The monoisotopic (exact) mass is 380 g/mol. The van der Waals surface area contributed by atoms with Gasteiger partial charge < -0.3 is 25.6 Å². The van der Waals surface area contributed by atoms with Gasteiger partial charge in [-0.15, -0.1) is 0 Å². The third-order valence-corrected chi connectivity index (χ3v) is 4.60. The molecule has 3 rings (SSSR count). The predicted molar refractivity (Wildman–Crippen MR) is 110 cm³/mol. The second-order valence-electron chi connectivity index (χ2n) is 6.74. The van der Waals surface area contributed by atoms with Crippen LogP contribution in [0.25, 0.3) is 0 Å². The quantitative estimate of drug-likeness (QED) is 0.745. The molecule has 3 N–H and O–H groups in total. The van der Waals surface area contributed by atoms with Crippen molar-refractivity contribution in [2.75, 3.05) is 31.4 Å². The Morgan fingerprint density at radius 3 is 2.29 bits per heavy atom. The minimum absolute atomic E-state index is 0.281. The first kappa shape index (κ1) is 19.3. The Morgan fingerprint density at radius 1 is 1.07 bits per heavy atom. The summed E-state index contributed by atoms with van der Waals surface area (Å²) in [6, 6.07) is 14.0. The zero-order chi connectivity index (χ0) is 20.3. The molecule has 0 bridgehead atoms. The highest BCUT2D eigenvalue weighted by Gasteiger charge is 2.31. The summed E-state index contributed by atoms with van der Waals surface area (Å²) < 4.78 is 5.14. The van der Waals surface area contributed by atoms with Crippen molar-refractivity contribution in [3.63, 3.8) is 0 Å². The molecular weight excluding hydrogens is 356 g/mol. The molecule has 2 aromatic carbocycles. The highest BCUT2D eigenvalue weighted by Crippen LogP contribution is 2.29. The van der Waals surface area contributed by atoms with Crippen molar-refractivity contribution in [1.82, 2.24) is 10.6 Å². The summed E-state index contributed by atoms with van der Waals surface area (Å²) >= 11 is 0. The van der Waals surface area contributed by atoms with E-state index < -0.39 is 6.04 Å². The topological polar surface area (TPSA) is 82.7 Å². The summed E-state index contributed by atoms with van der Waals surface area (Å²) in [5.74, 6) is 0.427. The number of carbonyl (C=O) groups excluding carboxylic acids is 2. The number of nitrogens with zero attached hydrogens (tertiary/aromatic N) is 1. The molecule has 28 heavy (non-hydrogen) atoms. The second kappa shape index (κ2) is 8.04. The lowest BCUT2D eigenvalue weighted by Gasteiger charge is -2.29. The van der Waals surface area contributed by atoms with Crippen molar-refractivity contribution in [1.29, 1.82) is 0 Å². The van der Waals surface area contributed by atoms with Gasteiger partial charge in [-0.2, -0.15) is 0 Å². The van der Waals surface area contributed by atoms with Crippen LogP contribution in [0.1, 0.15) is 18.5 Å². The van der Waals surface area contributed by atoms with Gasteiger partial charge in [-0.3, -0.25) is 4.79 Å². The lowest BCUT2D eigenvalue weighted by molar-refractivity contribution is -0.113. The van der Waals surface area contributed by atoms with Crippen LogP contribution in [0.3, 0.4) is 0 Å². The molecule has 1 aliphatic rings. The first-order chi connectivity index (χ1) is 13.4. The third kappa shape index (κ3) is 4.09. The molecular formula is C21H24N4O3. The molecule has 0 aliphatic carbocycles. The Balaban J connectivity index is 1.89. The normalized spacial score (nSPS) is 16.1. The van der Waals surface area contributed by atoms with Crippen LogP contribution in [0.15, 0.2) is 59.8 Å². The molecule has 3 amide bonds. The van der Waals surface area contributed by atoms with E-state index in [4.69, 9.17) is 4.74 Å². The van der Waals surface area contributed by atoms with E-state index in [2.05, 4.69) is 16.0 Å². The van der Waals surface area contributed by atoms with Gasteiger partial charge in [-0.1, -0.05) is 12.1 Å². The van der Waals surface area contributed by atoms with Gasteiger partial charge >= 0.3 is 6.03 Å². The lowest BCUT2D eigenvalue weighted by Crippen LogP contribution is -2.45. The molecule has 0 saturated heterocycles. The summed E-state index contributed by atoms with van der Waals surface area (Å²) in [5.41, 5.74) is 3.50. The molecule has 2 aromatic rings.